The van der Waals surface area contributed by atoms with Crippen molar-refractivity contribution in [2.24, 2.45) is 5.92 Å². The summed E-state index contributed by atoms with van der Waals surface area (Å²) < 4.78 is 5.38. The molecule has 23 heavy (non-hydrogen) atoms. The highest BCUT2D eigenvalue weighted by Crippen LogP contribution is 2.32. The van der Waals surface area contributed by atoms with Crippen LogP contribution in [0.4, 0.5) is 0 Å². The van der Waals surface area contributed by atoms with Crippen molar-refractivity contribution in [1.82, 2.24) is 14.8 Å². The van der Waals surface area contributed by atoms with Gasteiger partial charge in [0.2, 0.25) is 5.91 Å². The largest absolute Gasteiger partial charge is 0.379 e. The second-order valence-corrected chi connectivity index (χ2v) is 6.82. The minimum Gasteiger partial charge on any atom is -0.379 e. The van der Waals surface area contributed by atoms with Gasteiger partial charge in [-0.25, -0.2) is 0 Å². The van der Waals surface area contributed by atoms with Gasteiger partial charge in [0.25, 0.3) is 0 Å². The summed E-state index contributed by atoms with van der Waals surface area (Å²) in [7, 11) is 0. The molecule has 1 amide bonds. The molecule has 0 spiro atoms. The lowest BCUT2D eigenvalue weighted by Gasteiger charge is -2.27. The predicted octanol–water partition coefficient (Wildman–Crippen LogP) is 2.23. The number of likely N-dealkylation sites (tertiary alicyclic amines) is 1. The zero-order valence-corrected chi connectivity index (χ0v) is 14.2. The molecule has 3 heterocycles. The Bertz CT molecular complexity index is 524. The highest BCUT2D eigenvalue weighted by molar-refractivity contribution is 5.78. The summed E-state index contributed by atoms with van der Waals surface area (Å²) in [5.74, 6) is 0.294. The second-order valence-electron chi connectivity index (χ2n) is 6.82. The van der Waals surface area contributed by atoms with Gasteiger partial charge in [0.1, 0.15) is 0 Å². The number of amides is 1. The van der Waals surface area contributed by atoms with Crippen molar-refractivity contribution in [2.45, 2.75) is 39.3 Å². The maximum Gasteiger partial charge on any atom is 0.225 e. The quantitative estimate of drug-likeness (QED) is 0.854. The van der Waals surface area contributed by atoms with Crippen molar-refractivity contribution in [3.8, 4) is 0 Å². The molecule has 2 fully saturated rings. The Kier molecular flexibility index (Phi) is 5.28. The highest BCUT2D eigenvalue weighted by Gasteiger charge is 2.31. The first kappa shape index (κ1) is 16.4. The fourth-order valence-electron chi connectivity index (χ4n) is 3.41. The molecule has 0 radical (unpaired) electrons. The van der Waals surface area contributed by atoms with Crippen LogP contribution < -0.4 is 0 Å². The van der Waals surface area contributed by atoms with Crippen LogP contribution in [0.1, 0.15) is 44.0 Å². The molecule has 2 saturated heterocycles. The maximum absolute atomic E-state index is 12.3. The Labute approximate surface area is 138 Å². The number of morpholine rings is 1. The van der Waals surface area contributed by atoms with E-state index in [0.717, 1.165) is 57.9 Å². The SMILES string of the molecule is CC(C)C(=O)N1CCC[C@@H]1c1ccc(CN2CCOCC2)cn1. The van der Waals surface area contributed by atoms with E-state index in [-0.39, 0.29) is 17.9 Å². The van der Waals surface area contributed by atoms with Gasteiger partial charge in [-0.3, -0.25) is 14.7 Å². The molecular formula is C18H27N3O2. The maximum atomic E-state index is 12.3. The van der Waals surface area contributed by atoms with Gasteiger partial charge in [0.15, 0.2) is 0 Å². The van der Waals surface area contributed by atoms with Crippen LogP contribution >= 0.6 is 0 Å². The Morgan fingerprint density at radius 2 is 2.09 bits per heavy atom. The van der Waals surface area contributed by atoms with Gasteiger partial charge in [-0.15, -0.1) is 0 Å². The van der Waals surface area contributed by atoms with Gasteiger partial charge in [-0.05, 0) is 24.5 Å². The molecule has 126 valence electrons. The van der Waals surface area contributed by atoms with Gasteiger partial charge in [-0.2, -0.15) is 0 Å². The summed E-state index contributed by atoms with van der Waals surface area (Å²) in [6.07, 6.45) is 4.07. The molecule has 0 bridgehead atoms. The Morgan fingerprint density at radius 3 is 2.74 bits per heavy atom. The van der Waals surface area contributed by atoms with Crippen molar-refractivity contribution in [3.63, 3.8) is 0 Å². The summed E-state index contributed by atoms with van der Waals surface area (Å²) in [5, 5.41) is 0. The molecule has 0 aliphatic carbocycles. The van der Waals surface area contributed by atoms with Crippen molar-refractivity contribution in [1.29, 1.82) is 0 Å². The van der Waals surface area contributed by atoms with E-state index in [9.17, 15) is 4.79 Å². The molecular weight excluding hydrogens is 290 g/mol. The number of ether oxygens (including phenoxy) is 1. The number of hydrogen-bond acceptors (Lipinski definition) is 4. The van der Waals surface area contributed by atoms with Crippen LogP contribution in [0.5, 0.6) is 0 Å². The number of rotatable bonds is 4. The molecule has 2 aliphatic heterocycles. The van der Waals surface area contributed by atoms with Crippen LogP contribution in [0.15, 0.2) is 18.3 Å². The zero-order chi connectivity index (χ0) is 16.2. The van der Waals surface area contributed by atoms with Crippen LogP contribution in [0.2, 0.25) is 0 Å². The fraction of sp³-hybridized carbons (Fsp3) is 0.667. The van der Waals surface area contributed by atoms with Gasteiger partial charge >= 0.3 is 0 Å². The highest BCUT2D eigenvalue weighted by atomic mass is 16.5. The summed E-state index contributed by atoms with van der Waals surface area (Å²) in [6.45, 7) is 9.34. The lowest BCUT2D eigenvalue weighted by atomic mass is 10.1. The third kappa shape index (κ3) is 3.90. The van der Waals surface area contributed by atoms with Gasteiger partial charge in [-0.1, -0.05) is 19.9 Å². The van der Waals surface area contributed by atoms with E-state index in [1.54, 1.807) is 0 Å². The molecule has 2 aliphatic rings. The van der Waals surface area contributed by atoms with Gasteiger partial charge in [0, 0.05) is 38.3 Å². The average molecular weight is 317 g/mol. The minimum absolute atomic E-state index is 0.0520. The van der Waals surface area contributed by atoms with E-state index >= 15 is 0 Å². The summed E-state index contributed by atoms with van der Waals surface area (Å²) in [5.41, 5.74) is 2.26. The number of carbonyl (C=O) groups excluding carboxylic acids is 1. The Hall–Kier alpha value is -1.46. The predicted molar refractivity (Wildman–Crippen MR) is 88.9 cm³/mol. The standard InChI is InChI=1S/C18H27N3O2/c1-14(2)18(22)21-7-3-4-17(21)16-6-5-15(12-19-16)13-20-8-10-23-11-9-20/h5-6,12,14,17H,3-4,7-11,13H2,1-2H3/t17-/m1/s1. The van der Waals surface area contributed by atoms with Gasteiger partial charge in [0.05, 0.1) is 24.9 Å². The molecule has 0 saturated carbocycles. The second kappa shape index (κ2) is 7.41. The van der Waals surface area contributed by atoms with E-state index < -0.39 is 0 Å². The van der Waals surface area contributed by atoms with Crippen molar-refractivity contribution in [3.05, 3.63) is 29.6 Å². The van der Waals surface area contributed by atoms with E-state index in [1.165, 1.54) is 5.56 Å². The van der Waals surface area contributed by atoms with E-state index in [0.29, 0.717) is 0 Å². The fourth-order valence-corrected chi connectivity index (χ4v) is 3.41. The summed E-state index contributed by atoms with van der Waals surface area (Å²) >= 11 is 0. The smallest absolute Gasteiger partial charge is 0.225 e. The summed E-state index contributed by atoms with van der Waals surface area (Å²) in [6, 6.07) is 4.42. The number of aromatic nitrogens is 1. The van der Waals surface area contributed by atoms with E-state index in [2.05, 4.69) is 22.0 Å². The number of hydrogen-bond donors (Lipinski definition) is 0. The van der Waals surface area contributed by atoms with Crippen LogP contribution in [0.25, 0.3) is 0 Å². The molecule has 3 rings (SSSR count). The average Bonchev–Trinajstić information content (AvgIpc) is 3.05. The third-order valence-electron chi connectivity index (χ3n) is 4.73. The normalized spacial score (nSPS) is 22.7. The number of pyridine rings is 1. The molecule has 1 atom stereocenters. The minimum atomic E-state index is 0.0520. The van der Waals surface area contributed by atoms with Crippen molar-refractivity contribution >= 4 is 5.91 Å². The topological polar surface area (TPSA) is 45.7 Å². The van der Waals surface area contributed by atoms with Crippen molar-refractivity contribution < 1.29 is 9.53 Å². The summed E-state index contributed by atoms with van der Waals surface area (Å²) in [4.78, 5) is 21.4. The monoisotopic (exact) mass is 317 g/mol. The zero-order valence-electron chi connectivity index (χ0n) is 14.2. The lowest BCUT2D eigenvalue weighted by Crippen LogP contribution is -2.35. The Balaban J connectivity index is 1.65. The molecule has 1 aromatic heterocycles. The molecule has 5 nitrogen and oxygen atoms in total. The van der Waals surface area contributed by atoms with Gasteiger partial charge < -0.3 is 9.64 Å². The molecule has 5 heteroatoms. The first-order chi connectivity index (χ1) is 11.1. The van der Waals surface area contributed by atoms with E-state index in [4.69, 9.17) is 4.74 Å². The van der Waals surface area contributed by atoms with Crippen LogP contribution in [-0.2, 0) is 16.1 Å². The first-order valence-corrected chi connectivity index (χ1v) is 8.70. The molecule has 0 aromatic carbocycles. The molecule has 1 aromatic rings. The van der Waals surface area contributed by atoms with E-state index in [1.807, 2.05) is 24.9 Å². The molecule has 0 unspecified atom stereocenters. The molecule has 0 N–H and O–H groups in total. The van der Waals surface area contributed by atoms with Crippen LogP contribution in [0.3, 0.4) is 0 Å². The van der Waals surface area contributed by atoms with Crippen LogP contribution in [-0.4, -0.2) is 53.5 Å². The third-order valence-corrected chi connectivity index (χ3v) is 4.73. The number of nitrogens with zero attached hydrogens (tertiary/aromatic N) is 3. The Morgan fingerprint density at radius 1 is 1.30 bits per heavy atom. The lowest BCUT2D eigenvalue weighted by molar-refractivity contribution is -0.135. The van der Waals surface area contributed by atoms with Crippen LogP contribution in [0, 0.1) is 5.92 Å². The number of carbonyl (C=O) groups is 1. The first-order valence-electron chi connectivity index (χ1n) is 8.70. The van der Waals surface area contributed by atoms with Crippen molar-refractivity contribution in [2.75, 3.05) is 32.8 Å².